The summed E-state index contributed by atoms with van der Waals surface area (Å²) in [5.41, 5.74) is 2.42. The molecular weight excluding hydrogens is 592 g/mol. The maximum absolute atomic E-state index is 13.6. The highest BCUT2D eigenvalue weighted by atomic mass is 35.5. The number of urea groups is 1. The van der Waals surface area contributed by atoms with E-state index < -0.39 is 17.8 Å². The van der Waals surface area contributed by atoms with Crippen LogP contribution in [0.15, 0.2) is 115 Å². The van der Waals surface area contributed by atoms with Crippen LogP contribution in [0.2, 0.25) is 5.02 Å². The van der Waals surface area contributed by atoms with Crippen LogP contribution in [0.3, 0.4) is 0 Å². The summed E-state index contributed by atoms with van der Waals surface area (Å²) in [6, 6.07) is 31.9. The van der Waals surface area contributed by atoms with Gasteiger partial charge in [-0.25, -0.2) is 9.69 Å². The fourth-order valence-electron chi connectivity index (χ4n) is 4.95. The Labute approximate surface area is 264 Å². The third-order valence-corrected chi connectivity index (χ3v) is 7.55. The second-order valence-corrected chi connectivity index (χ2v) is 10.6. The molecular formula is C36H27ClN2O6. The number of halogens is 1. The van der Waals surface area contributed by atoms with Crippen molar-refractivity contribution in [1.29, 1.82) is 0 Å². The monoisotopic (exact) mass is 618 g/mol. The number of fused-ring (bicyclic) bond motifs is 1. The molecule has 1 fully saturated rings. The molecule has 0 atom stereocenters. The summed E-state index contributed by atoms with van der Waals surface area (Å²) in [5, 5.41) is 5.04. The van der Waals surface area contributed by atoms with Crippen LogP contribution < -0.4 is 24.4 Å². The predicted octanol–water partition coefficient (Wildman–Crippen LogP) is 7.33. The molecule has 4 amide bonds. The van der Waals surface area contributed by atoms with E-state index in [1.807, 2.05) is 54.6 Å². The molecule has 1 aliphatic heterocycles. The van der Waals surface area contributed by atoms with Crippen LogP contribution in [-0.4, -0.2) is 25.0 Å². The number of carbonyl (C=O) groups is 3. The van der Waals surface area contributed by atoms with Crippen LogP contribution in [0.1, 0.15) is 16.7 Å². The minimum atomic E-state index is -0.848. The topological polar surface area (TPSA) is 94.2 Å². The van der Waals surface area contributed by atoms with E-state index in [-0.39, 0.29) is 17.9 Å². The van der Waals surface area contributed by atoms with Gasteiger partial charge in [-0.15, -0.1) is 0 Å². The third-order valence-electron chi connectivity index (χ3n) is 7.30. The van der Waals surface area contributed by atoms with Gasteiger partial charge in [0.15, 0.2) is 0 Å². The summed E-state index contributed by atoms with van der Waals surface area (Å²) in [5.74, 6) is -0.0910. The number of hydrogen-bond acceptors (Lipinski definition) is 6. The van der Waals surface area contributed by atoms with E-state index in [2.05, 4.69) is 5.32 Å². The Balaban J connectivity index is 1.24. The van der Waals surface area contributed by atoms with Gasteiger partial charge in [-0.2, -0.15) is 0 Å². The van der Waals surface area contributed by atoms with Crippen LogP contribution in [0, 0.1) is 0 Å². The summed E-state index contributed by atoms with van der Waals surface area (Å²) in [6.07, 6.45) is 1.42. The zero-order valence-corrected chi connectivity index (χ0v) is 24.9. The Morgan fingerprint density at radius 2 is 1.51 bits per heavy atom. The Morgan fingerprint density at radius 1 is 0.778 bits per heavy atom. The Bertz CT molecular complexity index is 1930. The highest BCUT2D eigenvalue weighted by Gasteiger charge is 2.37. The molecule has 1 aliphatic rings. The molecule has 5 aromatic carbocycles. The molecule has 6 rings (SSSR count). The van der Waals surface area contributed by atoms with E-state index in [0.29, 0.717) is 34.4 Å². The summed E-state index contributed by atoms with van der Waals surface area (Å²) < 4.78 is 17.4. The largest absolute Gasteiger partial charge is 0.497 e. The van der Waals surface area contributed by atoms with Crippen molar-refractivity contribution in [2.75, 3.05) is 12.0 Å². The van der Waals surface area contributed by atoms with Gasteiger partial charge >= 0.3 is 6.03 Å². The first-order valence-electron chi connectivity index (χ1n) is 14.1. The van der Waals surface area contributed by atoms with E-state index in [4.69, 9.17) is 25.8 Å². The van der Waals surface area contributed by atoms with Crippen molar-refractivity contribution in [3.8, 4) is 17.2 Å². The van der Waals surface area contributed by atoms with Crippen LogP contribution in [0.25, 0.3) is 16.8 Å². The van der Waals surface area contributed by atoms with Gasteiger partial charge in [0.2, 0.25) is 0 Å². The van der Waals surface area contributed by atoms with E-state index in [0.717, 1.165) is 26.8 Å². The van der Waals surface area contributed by atoms with Gasteiger partial charge in [0.25, 0.3) is 11.8 Å². The third kappa shape index (κ3) is 6.51. The molecule has 0 aliphatic carbocycles. The lowest BCUT2D eigenvalue weighted by molar-refractivity contribution is -0.122. The zero-order valence-electron chi connectivity index (χ0n) is 24.2. The van der Waals surface area contributed by atoms with Crippen LogP contribution >= 0.6 is 11.6 Å². The molecule has 9 heteroatoms. The number of carbonyl (C=O) groups excluding carboxylic acids is 3. The van der Waals surface area contributed by atoms with Crippen molar-refractivity contribution in [3.05, 3.63) is 136 Å². The van der Waals surface area contributed by atoms with E-state index in [9.17, 15) is 14.4 Å². The first-order valence-corrected chi connectivity index (χ1v) is 14.4. The Morgan fingerprint density at radius 3 is 2.29 bits per heavy atom. The zero-order chi connectivity index (χ0) is 31.3. The van der Waals surface area contributed by atoms with Gasteiger partial charge < -0.3 is 14.2 Å². The maximum Gasteiger partial charge on any atom is 0.335 e. The number of ether oxygens (including phenoxy) is 3. The Hall–Kier alpha value is -5.60. The lowest BCUT2D eigenvalue weighted by atomic mass is 10.0. The summed E-state index contributed by atoms with van der Waals surface area (Å²) in [4.78, 5) is 40.2. The van der Waals surface area contributed by atoms with Gasteiger partial charge in [0, 0.05) is 16.7 Å². The van der Waals surface area contributed by atoms with Gasteiger partial charge in [-0.1, -0.05) is 66.2 Å². The van der Waals surface area contributed by atoms with E-state index in [1.165, 1.54) is 13.2 Å². The van der Waals surface area contributed by atoms with Gasteiger partial charge in [-0.05, 0) is 76.5 Å². The van der Waals surface area contributed by atoms with Crippen LogP contribution in [-0.2, 0) is 22.8 Å². The molecule has 1 saturated heterocycles. The summed E-state index contributed by atoms with van der Waals surface area (Å²) in [6.45, 7) is 0.551. The molecule has 0 radical (unpaired) electrons. The predicted molar refractivity (Wildman–Crippen MR) is 173 cm³/mol. The second kappa shape index (κ2) is 13.0. The van der Waals surface area contributed by atoms with Gasteiger partial charge in [0.05, 0.1) is 12.8 Å². The number of nitrogens with one attached hydrogen (secondary N) is 1. The van der Waals surface area contributed by atoms with E-state index in [1.54, 1.807) is 54.6 Å². The normalized spacial score (nSPS) is 14.0. The van der Waals surface area contributed by atoms with E-state index >= 15 is 0 Å². The average Bonchev–Trinajstić information content (AvgIpc) is 3.06. The molecule has 5 aromatic rings. The highest BCUT2D eigenvalue weighted by molar-refractivity contribution is 6.39. The summed E-state index contributed by atoms with van der Waals surface area (Å²) in [7, 11) is 1.54. The van der Waals surface area contributed by atoms with Crippen molar-refractivity contribution in [2.45, 2.75) is 13.2 Å². The number of rotatable bonds is 9. The lowest BCUT2D eigenvalue weighted by Crippen LogP contribution is -2.54. The van der Waals surface area contributed by atoms with Crippen LogP contribution in [0.5, 0.6) is 17.2 Å². The number of amides is 4. The molecule has 45 heavy (non-hydrogen) atoms. The fourth-order valence-corrected chi connectivity index (χ4v) is 5.07. The molecule has 1 N–H and O–H groups in total. The molecule has 0 bridgehead atoms. The van der Waals surface area contributed by atoms with Crippen molar-refractivity contribution in [1.82, 2.24) is 5.32 Å². The van der Waals surface area contributed by atoms with Gasteiger partial charge in [-0.3, -0.25) is 14.9 Å². The number of methoxy groups -OCH3 is 1. The minimum Gasteiger partial charge on any atom is -0.497 e. The number of hydrogen-bond donors (Lipinski definition) is 1. The van der Waals surface area contributed by atoms with Crippen molar-refractivity contribution in [2.24, 2.45) is 0 Å². The number of barbiturate groups is 1. The fraction of sp³-hybridized carbons (Fsp3) is 0.0833. The molecule has 0 unspecified atom stereocenters. The maximum atomic E-state index is 13.6. The number of imide groups is 2. The minimum absolute atomic E-state index is 0.224. The standard InChI is InChI=1S/C36H27ClN2O6/c1-43-30-16-11-25(33(20-30)45-22-26-7-4-6-24-5-2-3-8-31(24)26)19-32-34(40)38-36(42)39(35(32)41)28-14-17-29(18-15-28)44-21-23-9-12-27(37)13-10-23/h2-20H,21-22H2,1H3,(H,38,40,42)/b32-19+. The first-order chi connectivity index (χ1) is 21.9. The number of benzene rings is 5. The second-order valence-electron chi connectivity index (χ2n) is 10.2. The van der Waals surface area contributed by atoms with Crippen LogP contribution in [0.4, 0.5) is 10.5 Å². The molecule has 0 spiro atoms. The SMILES string of the molecule is COc1ccc(/C=C2\C(=O)NC(=O)N(c3ccc(OCc4ccc(Cl)cc4)cc3)C2=O)c(OCc2cccc3ccccc23)c1. The van der Waals surface area contributed by atoms with Crippen molar-refractivity contribution in [3.63, 3.8) is 0 Å². The molecule has 224 valence electrons. The van der Waals surface area contributed by atoms with Crippen molar-refractivity contribution < 1.29 is 28.6 Å². The first kappa shape index (κ1) is 29.5. The molecule has 1 heterocycles. The molecule has 0 saturated carbocycles. The smallest absolute Gasteiger partial charge is 0.335 e. The quantitative estimate of drug-likeness (QED) is 0.137. The highest BCUT2D eigenvalue weighted by Crippen LogP contribution is 2.31. The Kier molecular flexibility index (Phi) is 8.48. The summed E-state index contributed by atoms with van der Waals surface area (Å²) >= 11 is 5.94. The molecule has 8 nitrogen and oxygen atoms in total. The number of anilines is 1. The number of nitrogens with zero attached hydrogens (tertiary/aromatic N) is 1. The average molecular weight is 619 g/mol. The lowest BCUT2D eigenvalue weighted by Gasteiger charge is -2.26. The van der Waals surface area contributed by atoms with Crippen molar-refractivity contribution >= 4 is 52.0 Å². The molecule has 0 aromatic heterocycles. The van der Waals surface area contributed by atoms with Gasteiger partial charge in [0.1, 0.15) is 36.0 Å².